The van der Waals surface area contributed by atoms with E-state index in [-0.39, 0.29) is 5.82 Å². The first kappa shape index (κ1) is 13.5. The molecule has 0 aliphatic carbocycles. The second kappa shape index (κ2) is 5.70. The summed E-state index contributed by atoms with van der Waals surface area (Å²) in [6, 6.07) is 0. The number of anilines is 2. The predicted octanol–water partition coefficient (Wildman–Crippen LogP) is 2.30. The number of hydrogen-bond acceptors (Lipinski definition) is 4. The molecule has 0 atom stereocenters. The summed E-state index contributed by atoms with van der Waals surface area (Å²) in [6.45, 7) is 1.10. The highest BCUT2D eigenvalue weighted by atomic mass is 19.4. The molecule has 0 aliphatic heterocycles. The van der Waals surface area contributed by atoms with Gasteiger partial charge in [0.1, 0.15) is 18.2 Å². The van der Waals surface area contributed by atoms with E-state index >= 15 is 0 Å². The number of aromatic nitrogens is 2. The summed E-state index contributed by atoms with van der Waals surface area (Å²) in [5.41, 5.74) is 0. The Morgan fingerprint density at radius 3 is 2.59 bits per heavy atom. The number of halogens is 3. The van der Waals surface area contributed by atoms with Gasteiger partial charge in [0.2, 0.25) is 0 Å². The molecule has 1 aromatic rings. The molecule has 0 spiro atoms. The second-order valence-corrected chi connectivity index (χ2v) is 3.55. The van der Waals surface area contributed by atoms with Gasteiger partial charge in [0.15, 0.2) is 0 Å². The normalized spacial score (nSPS) is 11.4. The Hall–Kier alpha value is -1.53. The molecule has 0 amide bonds. The maximum Gasteiger partial charge on any atom is 0.405 e. The maximum absolute atomic E-state index is 12.4. The minimum Gasteiger partial charge on any atom is -0.372 e. The van der Waals surface area contributed by atoms with Crippen molar-refractivity contribution in [2.24, 2.45) is 0 Å². The van der Waals surface area contributed by atoms with Crippen LogP contribution in [0.4, 0.5) is 24.8 Å². The third-order valence-corrected chi connectivity index (χ3v) is 2.07. The minimum atomic E-state index is -4.24. The molecule has 7 heteroatoms. The van der Waals surface area contributed by atoms with Crippen LogP contribution in [0.25, 0.3) is 0 Å². The van der Waals surface area contributed by atoms with Crippen molar-refractivity contribution in [3.05, 3.63) is 12.4 Å². The van der Waals surface area contributed by atoms with Crippen LogP contribution in [0.15, 0.2) is 12.4 Å². The number of alkyl halides is 3. The number of hydrogen-bond donors (Lipinski definition) is 1. The van der Waals surface area contributed by atoms with Crippen LogP contribution in [0.5, 0.6) is 0 Å². The van der Waals surface area contributed by atoms with E-state index in [1.165, 1.54) is 17.3 Å². The topological polar surface area (TPSA) is 41.1 Å². The zero-order valence-electron chi connectivity index (χ0n) is 9.75. The van der Waals surface area contributed by atoms with E-state index in [1.54, 1.807) is 7.05 Å². The van der Waals surface area contributed by atoms with Crippen molar-refractivity contribution in [1.82, 2.24) is 9.97 Å². The average Bonchev–Trinajstić information content (AvgIpc) is 2.27. The average molecular weight is 248 g/mol. The Morgan fingerprint density at radius 1 is 1.35 bits per heavy atom. The Balaban J connectivity index is 2.88. The zero-order valence-corrected chi connectivity index (χ0v) is 9.75. The Morgan fingerprint density at radius 2 is 2.06 bits per heavy atom. The van der Waals surface area contributed by atoms with Gasteiger partial charge in [-0.05, 0) is 6.42 Å². The molecular formula is C10H15F3N4. The molecule has 0 saturated carbocycles. The van der Waals surface area contributed by atoms with Gasteiger partial charge in [-0.25, -0.2) is 4.98 Å². The quantitative estimate of drug-likeness (QED) is 0.868. The summed E-state index contributed by atoms with van der Waals surface area (Å²) in [5.74, 6) is 0.682. The lowest BCUT2D eigenvalue weighted by Gasteiger charge is -2.24. The van der Waals surface area contributed by atoms with Crippen molar-refractivity contribution in [3.8, 4) is 0 Å². The fourth-order valence-corrected chi connectivity index (χ4v) is 1.39. The van der Waals surface area contributed by atoms with Gasteiger partial charge in [0.25, 0.3) is 0 Å². The van der Waals surface area contributed by atoms with Crippen LogP contribution in [-0.2, 0) is 0 Å². The summed E-state index contributed by atoms with van der Waals surface area (Å²) in [6.07, 6.45) is -0.836. The van der Waals surface area contributed by atoms with Gasteiger partial charge < -0.3 is 10.2 Å². The van der Waals surface area contributed by atoms with E-state index in [9.17, 15) is 13.2 Å². The zero-order chi connectivity index (χ0) is 12.9. The van der Waals surface area contributed by atoms with Gasteiger partial charge in [-0.3, -0.25) is 4.98 Å². The van der Waals surface area contributed by atoms with Crippen LogP contribution >= 0.6 is 0 Å². The van der Waals surface area contributed by atoms with Crippen molar-refractivity contribution in [2.45, 2.75) is 19.5 Å². The van der Waals surface area contributed by atoms with Crippen LogP contribution in [0.3, 0.4) is 0 Å². The fraction of sp³-hybridized carbons (Fsp3) is 0.600. The second-order valence-electron chi connectivity index (χ2n) is 3.55. The van der Waals surface area contributed by atoms with Gasteiger partial charge in [0, 0.05) is 13.6 Å². The van der Waals surface area contributed by atoms with Crippen molar-refractivity contribution < 1.29 is 13.2 Å². The van der Waals surface area contributed by atoms with Crippen molar-refractivity contribution in [2.75, 3.05) is 30.4 Å². The van der Waals surface area contributed by atoms with Gasteiger partial charge in [-0.15, -0.1) is 0 Å². The third kappa shape index (κ3) is 4.46. The summed E-state index contributed by atoms with van der Waals surface area (Å²) in [4.78, 5) is 9.08. The summed E-state index contributed by atoms with van der Waals surface area (Å²) in [5, 5.41) is 2.75. The van der Waals surface area contributed by atoms with Gasteiger partial charge in [-0.1, -0.05) is 6.92 Å². The Kier molecular flexibility index (Phi) is 4.53. The Labute approximate surface area is 97.9 Å². The van der Waals surface area contributed by atoms with Crippen molar-refractivity contribution in [3.63, 3.8) is 0 Å². The van der Waals surface area contributed by atoms with Crippen molar-refractivity contribution >= 4 is 11.6 Å². The highest BCUT2D eigenvalue weighted by Crippen LogP contribution is 2.21. The molecule has 1 rings (SSSR count). The molecule has 0 radical (unpaired) electrons. The number of rotatable bonds is 5. The van der Waals surface area contributed by atoms with E-state index < -0.39 is 12.7 Å². The lowest BCUT2D eigenvalue weighted by molar-refractivity contribution is -0.119. The molecule has 0 aromatic carbocycles. The van der Waals surface area contributed by atoms with E-state index in [0.717, 1.165) is 0 Å². The molecule has 0 fully saturated rings. The van der Waals surface area contributed by atoms with Gasteiger partial charge >= 0.3 is 6.18 Å². The van der Waals surface area contributed by atoms with Crippen LogP contribution in [0, 0.1) is 0 Å². The predicted molar refractivity (Wildman–Crippen MR) is 60.1 cm³/mol. The smallest absolute Gasteiger partial charge is 0.372 e. The van der Waals surface area contributed by atoms with E-state index in [1.807, 2.05) is 6.92 Å². The molecule has 0 aliphatic rings. The molecule has 0 saturated heterocycles. The van der Waals surface area contributed by atoms with Crippen molar-refractivity contribution in [1.29, 1.82) is 0 Å². The van der Waals surface area contributed by atoms with Gasteiger partial charge in [-0.2, -0.15) is 13.2 Å². The number of nitrogens with zero attached hydrogens (tertiary/aromatic N) is 3. The SMILES string of the molecule is CCCN(CC(F)(F)F)c1cncc(NC)n1. The molecule has 0 unspecified atom stereocenters. The van der Waals surface area contributed by atoms with E-state index in [4.69, 9.17) is 0 Å². The molecule has 17 heavy (non-hydrogen) atoms. The molecule has 0 bridgehead atoms. The molecule has 96 valence electrons. The van der Waals surface area contributed by atoms with Crippen LogP contribution < -0.4 is 10.2 Å². The summed E-state index contributed by atoms with van der Waals surface area (Å²) in [7, 11) is 1.64. The molecule has 1 aromatic heterocycles. The molecule has 4 nitrogen and oxygen atoms in total. The van der Waals surface area contributed by atoms with Crippen LogP contribution in [0.1, 0.15) is 13.3 Å². The Bertz CT molecular complexity index is 354. The minimum absolute atomic E-state index is 0.232. The summed E-state index contributed by atoms with van der Waals surface area (Å²) < 4.78 is 37.2. The first-order valence-electron chi connectivity index (χ1n) is 5.27. The monoisotopic (exact) mass is 248 g/mol. The van der Waals surface area contributed by atoms with Crippen LogP contribution in [-0.4, -0.2) is 36.3 Å². The lowest BCUT2D eigenvalue weighted by atomic mass is 10.4. The van der Waals surface area contributed by atoms with Crippen LogP contribution in [0.2, 0.25) is 0 Å². The highest BCUT2D eigenvalue weighted by molar-refractivity contribution is 5.43. The molecular weight excluding hydrogens is 233 g/mol. The first-order valence-corrected chi connectivity index (χ1v) is 5.27. The fourth-order valence-electron chi connectivity index (χ4n) is 1.39. The highest BCUT2D eigenvalue weighted by Gasteiger charge is 2.31. The number of nitrogens with one attached hydrogen (secondary N) is 1. The van der Waals surface area contributed by atoms with Gasteiger partial charge in [0.05, 0.1) is 12.4 Å². The maximum atomic E-state index is 12.4. The summed E-state index contributed by atoms with van der Waals surface area (Å²) >= 11 is 0. The standard InChI is InChI=1S/C10H15F3N4/c1-3-4-17(7-10(11,12)13)9-6-15-5-8(14-2)16-9/h5-6H,3-4,7H2,1-2H3,(H,14,16). The third-order valence-electron chi connectivity index (χ3n) is 2.07. The molecule has 1 N–H and O–H groups in total. The molecule has 1 heterocycles. The lowest BCUT2D eigenvalue weighted by Crippen LogP contribution is -2.35. The first-order chi connectivity index (χ1) is 7.96. The van der Waals surface area contributed by atoms with E-state index in [0.29, 0.717) is 18.8 Å². The van der Waals surface area contributed by atoms with E-state index in [2.05, 4.69) is 15.3 Å². The largest absolute Gasteiger partial charge is 0.405 e.